The van der Waals surface area contributed by atoms with Crippen LogP contribution in [-0.4, -0.2) is 15.0 Å². The number of nitrogens with zero attached hydrogens (tertiary/aromatic N) is 3. The molecule has 3 nitrogen and oxygen atoms in total. The lowest BCUT2D eigenvalue weighted by Gasteiger charge is -2.16. The molecule has 0 saturated heterocycles. The molecule has 1 aromatic rings. The zero-order chi connectivity index (χ0) is 13.1. The number of rotatable bonds is 2. The zero-order valence-electron chi connectivity index (χ0n) is 11.0. The first-order chi connectivity index (χ1) is 9.33. The van der Waals surface area contributed by atoms with E-state index in [1.54, 1.807) is 0 Å². The molecule has 96 valence electrons. The van der Waals surface area contributed by atoms with E-state index in [4.69, 9.17) is 0 Å². The average Bonchev–Trinajstić information content (AvgIpc) is 2.48. The van der Waals surface area contributed by atoms with Crippen molar-refractivity contribution in [2.75, 3.05) is 0 Å². The molecule has 0 fully saturated rings. The summed E-state index contributed by atoms with van der Waals surface area (Å²) < 4.78 is 0. The van der Waals surface area contributed by atoms with Gasteiger partial charge < -0.3 is 0 Å². The van der Waals surface area contributed by atoms with Gasteiger partial charge in [0.25, 0.3) is 0 Å². The van der Waals surface area contributed by atoms with E-state index in [0.717, 1.165) is 30.3 Å². The lowest BCUT2D eigenvalue weighted by Crippen LogP contribution is -2.12. The van der Waals surface area contributed by atoms with Crippen LogP contribution in [-0.2, 0) is 0 Å². The smallest absolute Gasteiger partial charge is 0.139 e. The summed E-state index contributed by atoms with van der Waals surface area (Å²) in [5.74, 6) is 3.17. The van der Waals surface area contributed by atoms with Crippen LogP contribution in [0.3, 0.4) is 0 Å². The third kappa shape index (κ3) is 2.70. The number of hydrogen-bond donors (Lipinski definition) is 0. The highest BCUT2D eigenvalue weighted by atomic mass is 15.0. The van der Waals surface area contributed by atoms with Crippen molar-refractivity contribution < 1.29 is 0 Å². The maximum atomic E-state index is 4.69. The van der Waals surface area contributed by atoms with Gasteiger partial charge in [0.2, 0.25) is 0 Å². The minimum absolute atomic E-state index is 0.286. The second-order valence-corrected chi connectivity index (χ2v) is 4.91. The minimum Gasteiger partial charge on any atom is -0.218 e. The van der Waals surface area contributed by atoms with E-state index in [1.165, 1.54) is 0 Å². The summed E-state index contributed by atoms with van der Waals surface area (Å²) in [6.45, 7) is 1.94. The molecule has 3 heteroatoms. The van der Waals surface area contributed by atoms with Crippen LogP contribution in [0, 0.1) is 6.92 Å². The average molecular weight is 251 g/mol. The van der Waals surface area contributed by atoms with Crippen molar-refractivity contribution in [3.8, 4) is 0 Å². The van der Waals surface area contributed by atoms with Crippen LogP contribution in [0.2, 0.25) is 0 Å². The SMILES string of the molecule is Cc1nc(C2C=CC=CC2)nc(C2C=CC=CC2)n1. The van der Waals surface area contributed by atoms with Gasteiger partial charge in [-0.2, -0.15) is 0 Å². The quantitative estimate of drug-likeness (QED) is 0.808. The molecule has 1 heterocycles. The Hall–Kier alpha value is -2.03. The van der Waals surface area contributed by atoms with Crippen molar-refractivity contribution in [1.29, 1.82) is 0 Å². The maximum Gasteiger partial charge on any atom is 0.139 e. The first-order valence-corrected chi connectivity index (χ1v) is 6.72. The van der Waals surface area contributed by atoms with Gasteiger partial charge in [-0.15, -0.1) is 0 Å². The van der Waals surface area contributed by atoms with Crippen molar-refractivity contribution in [2.24, 2.45) is 0 Å². The predicted molar refractivity (Wildman–Crippen MR) is 75.8 cm³/mol. The molecule has 19 heavy (non-hydrogen) atoms. The minimum atomic E-state index is 0.286. The van der Waals surface area contributed by atoms with Crippen LogP contribution in [0.5, 0.6) is 0 Å². The third-order valence-corrected chi connectivity index (χ3v) is 3.41. The predicted octanol–water partition coefficient (Wildman–Crippen LogP) is 3.38. The fraction of sp³-hybridized carbons (Fsp3) is 0.312. The number of hydrogen-bond acceptors (Lipinski definition) is 3. The van der Waals surface area contributed by atoms with Crippen molar-refractivity contribution in [1.82, 2.24) is 15.0 Å². The fourth-order valence-corrected chi connectivity index (χ4v) is 2.40. The van der Waals surface area contributed by atoms with Gasteiger partial charge in [0, 0.05) is 11.8 Å². The Bertz CT molecular complexity index is 533. The lowest BCUT2D eigenvalue weighted by atomic mass is 9.98. The van der Waals surface area contributed by atoms with Crippen LogP contribution in [0.15, 0.2) is 48.6 Å². The number of aryl methyl sites for hydroxylation is 1. The first-order valence-electron chi connectivity index (χ1n) is 6.72. The molecule has 0 radical (unpaired) electrons. The Labute approximate surface area is 113 Å². The van der Waals surface area contributed by atoms with Crippen molar-refractivity contribution in [3.05, 3.63) is 66.1 Å². The third-order valence-electron chi connectivity index (χ3n) is 3.41. The van der Waals surface area contributed by atoms with Gasteiger partial charge in [-0.05, 0) is 19.8 Å². The molecular weight excluding hydrogens is 234 g/mol. The lowest BCUT2D eigenvalue weighted by molar-refractivity contribution is 0.683. The van der Waals surface area contributed by atoms with Crippen LogP contribution >= 0.6 is 0 Å². The topological polar surface area (TPSA) is 38.7 Å². The van der Waals surface area contributed by atoms with E-state index >= 15 is 0 Å². The Morgan fingerprint density at radius 1 is 0.789 bits per heavy atom. The molecule has 0 amide bonds. The van der Waals surface area contributed by atoms with E-state index in [0.29, 0.717) is 0 Å². The van der Waals surface area contributed by atoms with Gasteiger partial charge in [-0.1, -0.05) is 48.6 Å². The normalized spacial score (nSPS) is 24.9. The molecule has 2 atom stereocenters. The van der Waals surface area contributed by atoms with Crippen LogP contribution in [0.25, 0.3) is 0 Å². The summed E-state index contributed by atoms with van der Waals surface area (Å²) >= 11 is 0. The molecule has 2 unspecified atom stereocenters. The Balaban J connectivity index is 1.91. The van der Waals surface area contributed by atoms with E-state index in [1.807, 2.05) is 6.92 Å². The highest BCUT2D eigenvalue weighted by Crippen LogP contribution is 2.25. The van der Waals surface area contributed by atoms with Crippen LogP contribution < -0.4 is 0 Å². The monoisotopic (exact) mass is 251 g/mol. The van der Waals surface area contributed by atoms with Gasteiger partial charge in [0.15, 0.2) is 0 Å². The fourth-order valence-electron chi connectivity index (χ4n) is 2.40. The highest BCUT2D eigenvalue weighted by molar-refractivity contribution is 5.23. The molecule has 0 N–H and O–H groups in total. The summed E-state index contributed by atoms with van der Waals surface area (Å²) in [6.07, 6.45) is 18.9. The largest absolute Gasteiger partial charge is 0.218 e. The molecule has 2 aliphatic carbocycles. The second-order valence-electron chi connectivity index (χ2n) is 4.91. The molecule has 0 aliphatic heterocycles. The van der Waals surface area contributed by atoms with Gasteiger partial charge >= 0.3 is 0 Å². The number of aromatic nitrogens is 3. The van der Waals surface area contributed by atoms with Gasteiger partial charge in [0.1, 0.15) is 17.5 Å². The summed E-state index contributed by atoms with van der Waals surface area (Å²) in [4.78, 5) is 13.7. The maximum absolute atomic E-state index is 4.69. The van der Waals surface area contributed by atoms with E-state index in [2.05, 4.69) is 63.6 Å². The molecule has 2 aliphatic rings. The molecule has 0 bridgehead atoms. The van der Waals surface area contributed by atoms with E-state index in [9.17, 15) is 0 Å². The molecule has 3 rings (SSSR count). The summed E-state index contributed by atoms with van der Waals surface area (Å²) in [6, 6.07) is 0. The Morgan fingerprint density at radius 3 is 1.74 bits per heavy atom. The molecule has 0 spiro atoms. The summed E-state index contributed by atoms with van der Waals surface area (Å²) in [7, 11) is 0. The van der Waals surface area contributed by atoms with Gasteiger partial charge in [0.05, 0.1) is 0 Å². The summed E-state index contributed by atoms with van der Waals surface area (Å²) in [5, 5.41) is 0. The van der Waals surface area contributed by atoms with Crippen molar-refractivity contribution in [3.63, 3.8) is 0 Å². The Kier molecular flexibility index (Phi) is 3.36. The number of allylic oxidation sites excluding steroid dienone is 8. The second kappa shape index (κ2) is 5.31. The molecular formula is C16H17N3. The standard InChI is InChI=1S/C16H17N3/c1-12-17-15(13-8-4-2-5-9-13)19-16(18-12)14-10-6-3-7-11-14/h2-8,10,13-14H,9,11H2,1H3. The molecule has 0 saturated carbocycles. The van der Waals surface area contributed by atoms with Crippen molar-refractivity contribution in [2.45, 2.75) is 31.6 Å². The van der Waals surface area contributed by atoms with E-state index < -0.39 is 0 Å². The Morgan fingerprint density at radius 2 is 1.32 bits per heavy atom. The van der Waals surface area contributed by atoms with Crippen LogP contribution in [0.4, 0.5) is 0 Å². The highest BCUT2D eigenvalue weighted by Gasteiger charge is 2.18. The zero-order valence-corrected chi connectivity index (χ0v) is 11.0. The molecule has 1 aromatic heterocycles. The van der Waals surface area contributed by atoms with Crippen LogP contribution in [0.1, 0.15) is 42.2 Å². The summed E-state index contributed by atoms with van der Waals surface area (Å²) in [5.41, 5.74) is 0. The van der Waals surface area contributed by atoms with Crippen molar-refractivity contribution >= 4 is 0 Å². The molecule has 0 aromatic carbocycles. The van der Waals surface area contributed by atoms with E-state index in [-0.39, 0.29) is 11.8 Å². The van der Waals surface area contributed by atoms with Gasteiger partial charge in [-0.3, -0.25) is 0 Å². The first kappa shape index (κ1) is 12.0. The van der Waals surface area contributed by atoms with Gasteiger partial charge in [-0.25, -0.2) is 15.0 Å².